The molecule has 2 heterocycles. The van der Waals surface area contributed by atoms with E-state index in [9.17, 15) is 18.0 Å². The zero-order valence-corrected chi connectivity index (χ0v) is 9.90. The summed E-state index contributed by atoms with van der Waals surface area (Å²) in [6.45, 7) is 0. The van der Waals surface area contributed by atoms with E-state index in [2.05, 4.69) is 10.1 Å². The van der Waals surface area contributed by atoms with Gasteiger partial charge in [-0.25, -0.2) is 9.67 Å². The molecular formula is C10H6ClF3N4O. The van der Waals surface area contributed by atoms with Crippen molar-refractivity contribution in [2.24, 2.45) is 5.73 Å². The van der Waals surface area contributed by atoms with Crippen LogP contribution in [0.5, 0.6) is 0 Å². The predicted octanol–water partition coefficient (Wildman–Crippen LogP) is 2.04. The van der Waals surface area contributed by atoms with Crippen LogP contribution in [0.4, 0.5) is 13.2 Å². The molecule has 0 aliphatic rings. The van der Waals surface area contributed by atoms with Crippen molar-refractivity contribution in [2.45, 2.75) is 6.18 Å². The summed E-state index contributed by atoms with van der Waals surface area (Å²) in [5.41, 5.74) is 4.16. The molecule has 0 bridgehead atoms. The average Bonchev–Trinajstić information content (AvgIpc) is 2.76. The number of carbonyl (C=O) groups is 1. The van der Waals surface area contributed by atoms with Gasteiger partial charge in [0.15, 0.2) is 5.82 Å². The van der Waals surface area contributed by atoms with Gasteiger partial charge in [0.2, 0.25) is 0 Å². The van der Waals surface area contributed by atoms with Crippen LogP contribution in [0, 0.1) is 0 Å². The summed E-state index contributed by atoms with van der Waals surface area (Å²) in [4.78, 5) is 14.5. The van der Waals surface area contributed by atoms with Gasteiger partial charge in [0.1, 0.15) is 0 Å². The van der Waals surface area contributed by atoms with Crippen LogP contribution in [0.2, 0.25) is 5.02 Å². The van der Waals surface area contributed by atoms with Gasteiger partial charge < -0.3 is 5.73 Å². The molecule has 2 rings (SSSR count). The Morgan fingerprint density at radius 3 is 2.53 bits per heavy atom. The smallest absolute Gasteiger partial charge is 0.366 e. The minimum absolute atomic E-state index is 0.0258. The molecule has 19 heavy (non-hydrogen) atoms. The molecule has 0 fully saturated rings. The van der Waals surface area contributed by atoms with Gasteiger partial charge in [0.05, 0.1) is 22.3 Å². The molecule has 100 valence electrons. The SMILES string of the molecule is NC(=O)c1cnn(-c2ncc(C(F)(F)F)cc2Cl)c1. The second-order valence-electron chi connectivity index (χ2n) is 3.57. The lowest BCUT2D eigenvalue weighted by Gasteiger charge is -2.08. The van der Waals surface area contributed by atoms with Gasteiger partial charge in [-0.1, -0.05) is 11.6 Å². The third kappa shape index (κ3) is 2.68. The molecule has 0 radical (unpaired) electrons. The summed E-state index contributed by atoms with van der Waals surface area (Å²) >= 11 is 5.72. The van der Waals surface area contributed by atoms with Crippen molar-refractivity contribution >= 4 is 17.5 Å². The number of nitrogens with zero attached hydrogens (tertiary/aromatic N) is 3. The maximum Gasteiger partial charge on any atom is 0.417 e. The van der Waals surface area contributed by atoms with Gasteiger partial charge in [0, 0.05) is 12.4 Å². The third-order valence-electron chi connectivity index (χ3n) is 2.23. The topological polar surface area (TPSA) is 73.8 Å². The highest BCUT2D eigenvalue weighted by Crippen LogP contribution is 2.31. The standard InChI is InChI=1S/C10H6ClF3N4O/c11-7-1-6(10(12,13)14)3-16-9(7)18-4-5(2-17-18)8(15)19/h1-4H,(H2,15,19). The molecule has 1 amide bonds. The maximum atomic E-state index is 12.4. The summed E-state index contributed by atoms with van der Waals surface area (Å²) in [5, 5.41) is 3.51. The number of aromatic nitrogens is 3. The van der Waals surface area contributed by atoms with Crippen LogP contribution in [0.1, 0.15) is 15.9 Å². The number of nitrogens with two attached hydrogens (primary N) is 1. The largest absolute Gasteiger partial charge is 0.417 e. The van der Waals surface area contributed by atoms with Crippen molar-refractivity contribution < 1.29 is 18.0 Å². The number of pyridine rings is 1. The molecule has 9 heteroatoms. The molecule has 0 aliphatic carbocycles. The third-order valence-corrected chi connectivity index (χ3v) is 2.51. The van der Waals surface area contributed by atoms with Crippen LogP contribution >= 0.6 is 11.6 Å². The monoisotopic (exact) mass is 290 g/mol. The zero-order chi connectivity index (χ0) is 14.2. The van der Waals surface area contributed by atoms with E-state index < -0.39 is 17.6 Å². The molecule has 0 aromatic carbocycles. The number of carbonyl (C=O) groups excluding carboxylic acids is 1. The van der Waals surface area contributed by atoms with E-state index in [-0.39, 0.29) is 16.4 Å². The fourth-order valence-electron chi connectivity index (χ4n) is 1.32. The summed E-state index contributed by atoms with van der Waals surface area (Å²) in [6.07, 6.45) is -1.51. The molecule has 5 nitrogen and oxygen atoms in total. The Kier molecular flexibility index (Phi) is 3.19. The molecule has 2 aromatic rings. The Labute approximate surface area is 109 Å². The molecular weight excluding hydrogens is 285 g/mol. The van der Waals surface area contributed by atoms with E-state index in [0.29, 0.717) is 6.20 Å². The van der Waals surface area contributed by atoms with Crippen LogP contribution in [0.15, 0.2) is 24.7 Å². The number of halogens is 4. The predicted molar refractivity (Wildman–Crippen MR) is 59.9 cm³/mol. The maximum absolute atomic E-state index is 12.4. The Hall–Kier alpha value is -2.09. The van der Waals surface area contributed by atoms with Gasteiger partial charge in [-0.3, -0.25) is 4.79 Å². The zero-order valence-electron chi connectivity index (χ0n) is 9.15. The fourth-order valence-corrected chi connectivity index (χ4v) is 1.57. The van der Waals surface area contributed by atoms with Gasteiger partial charge in [0.25, 0.3) is 5.91 Å². The molecule has 2 N–H and O–H groups in total. The fraction of sp³-hybridized carbons (Fsp3) is 0.100. The quantitative estimate of drug-likeness (QED) is 0.920. The lowest BCUT2D eigenvalue weighted by molar-refractivity contribution is -0.137. The van der Waals surface area contributed by atoms with E-state index in [0.717, 1.165) is 16.9 Å². The van der Waals surface area contributed by atoms with Gasteiger partial charge in [-0.15, -0.1) is 0 Å². The first kappa shape index (κ1) is 13.3. The number of hydrogen-bond acceptors (Lipinski definition) is 3. The highest BCUT2D eigenvalue weighted by Gasteiger charge is 2.31. The van der Waals surface area contributed by atoms with E-state index >= 15 is 0 Å². The van der Waals surface area contributed by atoms with Crippen molar-refractivity contribution in [2.75, 3.05) is 0 Å². The number of primary amides is 1. The number of rotatable bonds is 2. The molecule has 0 spiro atoms. The van der Waals surface area contributed by atoms with Crippen molar-refractivity contribution in [3.8, 4) is 5.82 Å². The first-order valence-corrected chi connectivity index (χ1v) is 5.24. The van der Waals surface area contributed by atoms with Crippen LogP contribution in [-0.2, 0) is 6.18 Å². The first-order valence-electron chi connectivity index (χ1n) is 4.86. The molecule has 0 atom stereocenters. The second-order valence-corrected chi connectivity index (χ2v) is 3.97. The van der Waals surface area contributed by atoms with Crippen LogP contribution in [0.25, 0.3) is 5.82 Å². The van der Waals surface area contributed by atoms with Crippen molar-refractivity contribution in [3.63, 3.8) is 0 Å². The highest BCUT2D eigenvalue weighted by molar-refractivity contribution is 6.32. The minimum Gasteiger partial charge on any atom is -0.366 e. The van der Waals surface area contributed by atoms with E-state index in [1.54, 1.807) is 0 Å². The van der Waals surface area contributed by atoms with Crippen molar-refractivity contribution in [1.82, 2.24) is 14.8 Å². The highest BCUT2D eigenvalue weighted by atomic mass is 35.5. The Balaban J connectivity index is 2.43. The second kappa shape index (κ2) is 4.54. The number of hydrogen-bond donors (Lipinski definition) is 1. The van der Waals surface area contributed by atoms with E-state index in [1.807, 2.05) is 0 Å². The lowest BCUT2D eigenvalue weighted by Crippen LogP contribution is -2.10. The van der Waals surface area contributed by atoms with E-state index in [4.69, 9.17) is 17.3 Å². The summed E-state index contributed by atoms with van der Waals surface area (Å²) < 4.78 is 38.4. The molecule has 0 unspecified atom stereocenters. The van der Waals surface area contributed by atoms with Crippen LogP contribution < -0.4 is 5.73 Å². The molecule has 2 aromatic heterocycles. The lowest BCUT2D eigenvalue weighted by atomic mass is 10.3. The van der Waals surface area contributed by atoms with Crippen LogP contribution in [0.3, 0.4) is 0 Å². The number of amides is 1. The Morgan fingerprint density at radius 1 is 1.37 bits per heavy atom. The van der Waals surface area contributed by atoms with Crippen LogP contribution in [-0.4, -0.2) is 20.7 Å². The van der Waals surface area contributed by atoms with Gasteiger partial charge >= 0.3 is 6.18 Å². The Morgan fingerprint density at radius 2 is 2.05 bits per heavy atom. The molecule has 0 saturated heterocycles. The summed E-state index contributed by atoms with van der Waals surface area (Å²) in [5.74, 6) is -0.739. The van der Waals surface area contributed by atoms with Crippen molar-refractivity contribution in [1.29, 1.82) is 0 Å². The molecule has 0 aliphatic heterocycles. The van der Waals surface area contributed by atoms with E-state index in [1.165, 1.54) is 6.20 Å². The Bertz CT molecular complexity index is 638. The summed E-state index contributed by atoms with van der Waals surface area (Å²) in [7, 11) is 0. The first-order chi connectivity index (χ1) is 8.79. The normalized spacial score (nSPS) is 11.6. The van der Waals surface area contributed by atoms with Gasteiger partial charge in [-0.05, 0) is 6.07 Å². The molecule has 0 saturated carbocycles. The average molecular weight is 291 g/mol. The summed E-state index contributed by atoms with van der Waals surface area (Å²) in [6, 6.07) is 0.732. The number of alkyl halides is 3. The van der Waals surface area contributed by atoms with Crippen molar-refractivity contribution in [3.05, 3.63) is 40.8 Å². The van der Waals surface area contributed by atoms with Gasteiger partial charge in [-0.2, -0.15) is 18.3 Å². The minimum atomic E-state index is -4.53.